The normalized spacial score (nSPS) is 20.0. The minimum atomic E-state index is 0.191. The van der Waals surface area contributed by atoms with Crippen molar-refractivity contribution in [1.82, 2.24) is 15.0 Å². The van der Waals surface area contributed by atoms with Crippen molar-refractivity contribution in [3.63, 3.8) is 0 Å². The Hall–Kier alpha value is -1.97. The van der Waals surface area contributed by atoms with Gasteiger partial charge in [-0.25, -0.2) is 4.68 Å². The van der Waals surface area contributed by atoms with Crippen molar-refractivity contribution in [1.29, 1.82) is 0 Å². The Balaban J connectivity index is 1.83. The average molecular weight is 241 g/mol. The first kappa shape index (κ1) is 11.1. The Labute approximate surface area is 106 Å². The standard InChI is InChI=1S/C14H15N3O/c18-13-8-4-7-12(9-13)17-10-14(15-16-17)11-5-2-1-3-6-11/h1-3,5-6,10,12H,4,7-9H2. The SMILES string of the molecule is O=C1CCCC(n2cc(-c3ccccc3)nn2)C1. The predicted molar refractivity (Wildman–Crippen MR) is 68.0 cm³/mol. The lowest BCUT2D eigenvalue weighted by Crippen LogP contribution is -2.19. The zero-order valence-electron chi connectivity index (χ0n) is 10.1. The van der Waals surface area contributed by atoms with E-state index < -0.39 is 0 Å². The van der Waals surface area contributed by atoms with E-state index in [0.717, 1.165) is 30.5 Å². The van der Waals surface area contributed by atoms with E-state index in [9.17, 15) is 4.79 Å². The largest absolute Gasteiger partial charge is 0.300 e. The topological polar surface area (TPSA) is 47.8 Å². The summed E-state index contributed by atoms with van der Waals surface area (Å²) >= 11 is 0. The number of nitrogens with zero attached hydrogens (tertiary/aromatic N) is 3. The summed E-state index contributed by atoms with van der Waals surface area (Å²) in [5, 5.41) is 8.35. The lowest BCUT2D eigenvalue weighted by Gasteiger charge is -2.20. The van der Waals surface area contributed by atoms with Gasteiger partial charge in [-0.05, 0) is 12.8 Å². The molecule has 0 saturated heterocycles. The first-order valence-corrected chi connectivity index (χ1v) is 6.32. The second kappa shape index (κ2) is 4.72. The Morgan fingerprint density at radius 1 is 1.22 bits per heavy atom. The van der Waals surface area contributed by atoms with Crippen molar-refractivity contribution in [2.45, 2.75) is 31.7 Å². The molecule has 1 aromatic carbocycles. The van der Waals surface area contributed by atoms with Gasteiger partial charge >= 0.3 is 0 Å². The van der Waals surface area contributed by atoms with E-state index in [4.69, 9.17) is 0 Å². The number of carbonyl (C=O) groups excluding carboxylic acids is 1. The van der Waals surface area contributed by atoms with Crippen LogP contribution in [0.2, 0.25) is 0 Å². The number of Topliss-reactive ketones (excluding diaryl/α,β-unsaturated/α-hetero) is 1. The Bertz CT molecular complexity index is 547. The molecular formula is C14H15N3O. The lowest BCUT2D eigenvalue weighted by atomic mass is 9.94. The van der Waals surface area contributed by atoms with Crippen LogP contribution in [0.5, 0.6) is 0 Å². The van der Waals surface area contributed by atoms with E-state index in [0.29, 0.717) is 12.2 Å². The summed E-state index contributed by atoms with van der Waals surface area (Å²) < 4.78 is 1.85. The van der Waals surface area contributed by atoms with Crippen LogP contribution in [0.3, 0.4) is 0 Å². The third-order valence-electron chi connectivity index (χ3n) is 3.41. The number of benzene rings is 1. The second-order valence-electron chi connectivity index (χ2n) is 4.74. The highest BCUT2D eigenvalue weighted by Crippen LogP contribution is 2.26. The lowest BCUT2D eigenvalue weighted by molar-refractivity contribution is -0.121. The van der Waals surface area contributed by atoms with Gasteiger partial charge in [0.25, 0.3) is 0 Å². The third kappa shape index (κ3) is 2.18. The van der Waals surface area contributed by atoms with Gasteiger partial charge in [-0.15, -0.1) is 5.10 Å². The number of ketones is 1. The number of hydrogen-bond acceptors (Lipinski definition) is 3. The van der Waals surface area contributed by atoms with Crippen LogP contribution in [0.25, 0.3) is 11.3 Å². The van der Waals surface area contributed by atoms with Crippen molar-refractivity contribution in [3.05, 3.63) is 36.5 Å². The fourth-order valence-electron chi connectivity index (χ4n) is 2.42. The van der Waals surface area contributed by atoms with Gasteiger partial charge < -0.3 is 0 Å². The number of carbonyl (C=O) groups is 1. The van der Waals surface area contributed by atoms with Crippen molar-refractivity contribution in [2.24, 2.45) is 0 Å². The Morgan fingerprint density at radius 2 is 2.06 bits per heavy atom. The maximum atomic E-state index is 11.5. The highest BCUT2D eigenvalue weighted by Gasteiger charge is 2.22. The van der Waals surface area contributed by atoms with Crippen LogP contribution in [-0.4, -0.2) is 20.8 Å². The summed E-state index contributed by atoms with van der Waals surface area (Å²) in [6.07, 6.45) is 5.24. The van der Waals surface area contributed by atoms with E-state index in [1.165, 1.54) is 0 Å². The molecule has 3 rings (SSSR count). The van der Waals surface area contributed by atoms with Crippen molar-refractivity contribution < 1.29 is 4.79 Å². The minimum absolute atomic E-state index is 0.191. The molecule has 4 heteroatoms. The van der Waals surface area contributed by atoms with Crippen molar-refractivity contribution >= 4 is 5.78 Å². The monoisotopic (exact) mass is 241 g/mol. The molecule has 0 amide bonds. The van der Waals surface area contributed by atoms with E-state index in [2.05, 4.69) is 10.3 Å². The molecule has 1 heterocycles. The minimum Gasteiger partial charge on any atom is -0.300 e. The number of aromatic nitrogens is 3. The van der Waals surface area contributed by atoms with Crippen LogP contribution in [0.1, 0.15) is 31.7 Å². The molecule has 0 radical (unpaired) electrons. The maximum Gasteiger partial charge on any atom is 0.135 e. The summed E-state index contributed by atoms with van der Waals surface area (Å²) in [5.41, 5.74) is 1.93. The first-order chi connectivity index (χ1) is 8.83. The van der Waals surface area contributed by atoms with Crippen LogP contribution in [0.4, 0.5) is 0 Å². The molecular weight excluding hydrogens is 226 g/mol. The molecule has 4 nitrogen and oxygen atoms in total. The average Bonchev–Trinajstić information content (AvgIpc) is 2.89. The van der Waals surface area contributed by atoms with Crippen LogP contribution < -0.4 is 0 Å². The summed E-state index contributed by atoms with van der Waals surface area (Å²) in [7, 11) is 0. The van der Waals surface area contributed by atoms with E-state index in [-0.39, 0.29) is 6.04 Å². The molecule has 1 atom stereocenters. The molecule has 1 aliphatic rings. The fourth-order valence-corrected chi connectivity index (χ4v) is 2.42. The number of rotatable bonds is 2. The Kier molecular flexibility index (Phi) is 2.92. The highest BCUT2D eigenvalue weighted by atomic mass is 16.1. The van der Waals surface area contributed by atoms with E-state index in [1.54, 1.807) is 0 Å². The molecule has 18 heavy (non-hydrogen) atoms. The molecule has 0 aliphatic heterocycles. The molecule has 92 valence electrons. The smallest absolute Gasteiger partial charge is 0.135 e. The fraction of sp³-hybridized carbons (Fsp3) is 0.357. The van der Waals surface area contributed by atoms with E-state index in [1.807, 2.05) is 41.2 Å². The zero-order valence-corrected chi connectivity index (χ0v) is 10.1. The summed E-state index contributed by atoms with van der Waals surface area (Å²) in [5.74, 6) is 0.336. The summed E-state index contributed by atoms with van der Waals surface area (Å²) in [6, 6.07) is 10.2. The number of hydrogen-bond donors (Lipinski definition) is 0. The van der Waals surface area contributed by atoms with Crippen molar-refractivity contribution in [2.75, 3.05) is 0 Å². The first-order valence-electron chi connectivity index (χ1n) is 6.32. The van der Waals surface area contributed by atoms with Gasteiger partial charge in [0.1, 0.15) is 11.5 Å². The Morgan fingerprint density at radius 3 is 2.83 bits per heavy atom. The summed E-state index contributed by atoms with van der Waals surface area (Å²) in [4.78, 5) is 11.5. The van der Waals surface area contributed by atoms with Gasteiger partial charge in [-0.3, -0.25) is 4.79 Å². The van der Waals surface area contributed by atoms with Gasteiger partial charge in [0.2, 0.25) is 0 Å². The zero-order chi connectivity index (χ0) is 12.4. The van der Waals surface area contributed by atoms with Gasteiger partial charge in [0.15, 0.2) is 0 Å². The molecule has 2 aromatic rings. The predicted octanol–water partition coefficient (Wildman–Crippen LogP) is 2.63. The van der Waals surface area contributed by atoms with Crippen molar-refractivity contribution in [3.8, 4) is 11.3 Å². The van der Waals surface area contributed by atoms with Gasteiger partial charge in [-0.2, -0.15) is 0 Å². The van der Waals surface area contributed by atoms with E-state index >= 15 is 0 Å². The third-order valence-corrected chi connectivity index (χ3v) is 3.41. The molecule has 1 saturated carbocycles. The van der Waals surface area contributed by atoms with Gasteiger partial charge in [0, 0.05) is 18.4 Å². The molecule has 1 aliphatic carbocycles. The second-order valence-corrected chi connectivity index (χ2v) is 4.74. The van der Waals surface area contributed by atoms with Crippen LogP contribution >= 0.6 is 0 Å². The van der Waals surface area contributed by atoms with Crippen LogP contribution in [-0.2, 0) is 4.79 Å². The summed E-state index contributed by atoms with van der Waals surface area (Å²) in [6.45, 7) is 0. The highest BCUT2D eigenvalue weighted by molar-refractivity contribution is 5.79. The van der Waals surface area contributed by atoms with Gasteiger partial charge in [0.05, 0.1) is 12.2 Å². The quantitative estimate of drug-likeness (QED) is 0.812. The van der Waals surface area contributed by atoms with Crippen LogP contribution in [0.15, 0.2) is 36.5 Å². The maximum absolute atomic E-state index is 11.5. The molecule has 0 spiro atoms. The molecule has 1 unspecified atom stereocenters. The molecule has 1 fully saturated rings. The molecule has 1 aromatic heterocycles. The van der Waals surface area contributed by atoms with Gasteiger partial charge in [-0.1, -0.05) is 35.5 Å². The molecule has 0 N–H and O–H groups in total. The molecule has 0 bridgehead atoms. The van der Waals surface area contributed by atoms with Crippen LogP contribution in [0, 0.1) is 0 Å².